The number of hydrogen-bond acceptors (Lipinski definition) is 7. The normalized spacial score (nSPS) is 16.3. The molecule has 106 valence electrons. The van der Waals surface area contributed by atoms with Crippen LogP contribution in [0.5, 0.6) is 0 Å². The first-order valence-corrected chi connectivity index (χ1v) is 7.58. The van der Waals surface area contributed by atoms with Crippen LogP contribution in [0.1, 0.15) is 17.8 Å². The third-order valence-corrected chi connectivity index (χ3v) is 4.20. The molecule has 1 aliphatic rings. The smallest absolute Gasteiger partial charge is 0.225 e. The third-order valence-electron chi connectivity index (χ3n) is 3.33. The van der Waals surface area contributed by atoms with Gasteiger partial charge in [-0.1, -0.05) is 0 Å². The van der Waals surface area contributed by atoms with Crippen molar-refractivity contribution in [2.75, 3.05) is 36.0 Å². The lowest BCUT2D eigenvalue weighted by molar-refractivity contribution is 0.780. The monoisotopic (exact) mass is 290 g/mol. The molecule has 3 heterocycles. The maximum Gasteiger partial charge on any atom is 0.225 e. The zero-order valence-corrected chi connectivity index (χ0v) is 12.6. The predicted molar refractivity (Wildman–Crippen MR) is 80.5 cm³/mol. The summed E-state index contributed by atoms with van der Waals surface area (Å²) in [7, 11) is 0. The molecule has 7 heteroatoms. The van der Waals surface area contributed by atoms with Gasteiger partial charge in [0.05, 0.1) is 0 Å². The Morgan fingerprint density at radius 2 is 1.70 bits per heavy atom. The van der Waals surface area contributed by atoms with E-state index in [9.17, 15) is 0 Å². The van der Waals surface area contributed by atoms with E-state index in [0.717, 1.165) is 55.1 Å². The van der Waals surface area contributed by atoms with Crippen LogP contribution < -0.4 is 9.80 Å². The summed E-state index contributed by atoms with van der Waals surface area (Å²) < 4.78 is 4.26. The number of anilines is 2. The summed E-state index contributed by atoms with van der Waals surface area (Å²) in [6.45, 7) is 7.79. The number of rotatable bonds is 2. The van der Waals surface area contributed by atoms with Gasteiger partial charge in [0, 0.05) is 50.1 Å². The summed E-state index contributed by atoms with van der Waals surface area (Å²) in [5, 5.41) is 1.02. The van der Waals surface area contributed by atoms with Crippen LogP contribution in [0.25, 0.3) is 0 Å². The molecule has 3 rings (SSSR count). The molecule has 20 heavy (non-hydrogen) atoms. The van der Waals surface area contributed by atoms with Crippen molar-refractivity contribution < 1.29 is 0 Å². The molecule has 6 nitrogen and oxygen atoms in total. The molecule has 0 atom stereocenters. The second-order valence-corrected chi connectivity index (χ2v) is 5.74. The summed E-state index contributed by atoms with van der Waals surface area (Å²) >= 11 is 1.48. The first-order valence-electron chi connectivity index (χ1n) is 6.81. The highest BCUT2D eigenvalue weighted by atomic mass is 32.1. The van der Waals surface area contributed by atoms with Crippen LogP contribution in [-0.2, 0) is 0 Å². The van der Waals surface area contributed by atoms with Crippen molar-refractivity contribution in [3.05, 3.63) is 23.8 Å². The Balaban J connectivity index is 1.69. The molecule has 2 aromatic heterocycles. The fourth-order valence-electron chi connectivity index (χ4n) is 2.27. The van der Waals surface area contributed by atoms with Crippen molar-refractivity contribution in [1.82, 2.24) is 19.3 Å². The van der Waals surface area contributed by atoms with E-state index >= 15 is 0 Å². The van der Waals surface area contributed by atoms with Gasteiger partial charge in [0.1, 0.15) is 5.82 Å². The average Bonchev–Trinajstić information content (AvgIpc) is 2.74. The second-order valence-electron chi connectivity index (χ2n) is 5.01. The lowest BCUT2D eigenvalue weighted by Crippen LogP contribution is -2.31. The predicted octanol–water partition coefficient (Wildman–Crippen LogP) is 1.66. The lowest BCUT2D eigenvalue weighted by Gasteiger charge is -2.21. The van der Waals surface area contributed by atoms with E-state index in [1.165, 1.54) is 11.5 Å². The molecule has 0 aliphatic carbocycles. The Kier molecular flexibility index (Phi) is 3.77. The molecular weight excluding hydrogens is 272 g/mol. The van der Waals surface area contributed by atoms with Crippen molar-refractivity contribution in [2.24, 2.45) is 0 Å². The Labute approximate surface area is 122 Å². The van der Waals surface area contributed by atoms with Gasteiger partial charge < -0.3 is 9.80 Å². The van der Waals surface area contributed by atoms with Gasteiger partial charge in [-0.15, -0.1) is 0 Å². The van der Waals surface area contributed by atoms with Gasteiger partial charge >= 0.3 is 0 Å². The highest BCUT2D eigenvalue weighted by Crippen LogP contribution is 2.19. The Morgan fingerprint density at radius 3 is 2.40 bits per heavy atom. The maximum atomic E-state index is 4.47. The summed E-state index contributed by atoms with van der Waals surface area (Å²) in [6, 6.07) is 0. The van der Waals surface area contributed by atoms with Crippen molar-refractivity contribution in [3.8, 4) is 0 Å². The van der Waals surface area contributed by atoms with E-state index < -0.39 is 0 Å². The molecular formula is C13H18N6S. The summed E-state index contributed by atoms with van der Waals surface area (Å²) in [4.78, 5) is 17.8. The van der Waals surface area contributed by atoms with Crippen molar-refractivity contribution in [1.29, 1.82) is 0 Å². The fraction of sp³-hybridized carbons (Fsp3) is 0.538. The van der Waals surface area contributed by atoms with Gasteiger partial charge in [0.2, 0.25) is 11.1 Å². The molecule has 0 aromatic carbocycles. The molecule has 0 bridgehead atoms. The third kappa shape index (κ3) is 2.87. The highest BCUT2D eigenvalue weighted by Gasteiger charge is 2.19. The average molecular weight is 290 g/mol. The molecule has 0 N–H and O–H groups in total. The largest absolute Gasteiger partial charge is 0.345 e. The minimum atomic E-state index is 0.825. The van der Waals surface area contributed by atoms with E-state index in [1.807, 2.05) is 26.2 Å². The molecule has 0 amide bonds. The first-order chi connectivity index (χ1) is 9.72. The van der Waals surface area contributed by atoms with E-state index in [2.05, 4.69) is 29.1 Å². The highest BCUT2D eigenvalue weighted by molar-refractivity contribution is 7.09. The molecule has 2 aromatic rings. The zero-order valence-electron chi connectivity index (χ0n) is 11.8. The van der Waals surface area contributed by atoms with Gasteiger partial charge in [-0.2, -0.15) is 4.37 Å². The van der Waals surface area contributed by atoms with Crippen LogP contribution in [0.3, 0.4) is 0 Å². The van der Waals surface area contributed by atoms with Gasteiger partial charge in [-0.05, 0) is 25.8 Å². The van der Waals surface area contributed by atoms with Crippen LogP contribution in [0.2, 0.25) is 0 Å². The fourth-order valence-corrected chi connectivity index (χ4v) is 3.00. The molecule has 0 unspecified atom stereocenters. The van der Waals surface area contributed by atoms with Crippen LogP contribution in [-0.4, -0.2) is 45.5 Å². The molecule has 0 spiro atoms. The van der Waals surface area contributed by atoms with Gasteiger partial charge in [0.15, 0.2) is 0 Å². The van der Waals surface area contributed by atoms with Crippen molar-refractivity contribution in [2.45, 2.75) is 20.3 Å². The SMILES string of the molecule is Cc1cnc(N2CCCN(c3nc(C)ns3)CC2)nc1. The van der Waals surface area contributed by atoms with Crippen LogP contribution in [0.15, 0.2) is 12.4 Å². The van der Waals surface area contributed by atoms with Crippen molar-refractivity contribution >= 4 is 22.6 Å². The van der Waals surface area contributed by atoms with Crippen LogP contribution in [0.4, 0.5) is 11.1 Å². The molecule has 0 saturated carbocycles. The van der Waals surface area contributed by atoms with Crippen molar-refractivity contribution in [3.63, 3.8) is 0 Å². The summed E-state index contributed by atoms with van der Waals surface area (Å²) in [5.74, 6) is 1.68. The van der Waals surface area contributed by atoms with Gasteiger partial charge in [0.25, 0.3) is 0 Å². The minimum Gasteiger partial charge on any atom is -0.345 e. The van der Waals surface area contributed by atoms with E-state index in [-0.39, 0.29) is 0 Å². The topological polar surface area (TPSA) is 58.0 Å². The Morgan fingerprint density at radius 1 is 1.00 bits per heavy atom. The number of hydrogen-bond donors (Lipinski definition) is 0. The Bertz CT molecular complexity index is 566. The number of aromatic nitrogens is 4. The molecule has 1 aliphatic heterocycles. The van der Waals surface area contributed by atoms with Crippen LogP contribution >= 0.6 is 11.5 Å². The quantitative estimate of drug-likeness (QED) is 0.838. The summed E-state index contributed by atoms with van der Waals surface area (Å²) in [6.07, 6.45) is 4.83. The van der Waals surface area contributed by atoms with Gasteiger partial charge in [-0.25, -0.2) is 15.0 Å². The standard InChI is InChI=1S/C13H18N6S/c1-10-8-14-12(15-9-10)18-4-3-5-19(7-6-18)13-16-11(2)17-20-13/h8-9H,3-7H2,1-2H3. The molecule has 1 fully saturated rings. The van der Waals surface area contributed by atoms with Crippen LogP contribution in [0, 0.1) is 13.8 Å². The second kappa shape index (κ2) is 5.70. The molecule has 0 radical (unpaired) electrons. The molecule has 1 saturated heterocycles. The summed E-state index contributed by atoms with van der Waals surface area (Å²) in [5.41, 5.74) is 1.09. The van der Waals surface area contributed by atoms with E-state index in [4.69, 9.17) is 0 Å². The maximum absolute atomic E-state index is 4.47. The van der Waals surface area contributed by atoms with E-state index in [0.29, 0.717) is 0 Å². The van der Waals surface area contributed by atoms with Gasteiger partial charge in [-0.3, -0.25) is 0 Å². The van der Waals surface area contributed by atoms with E-state index in [1.54, 1.807) is 0 Å². The minimum absolute atomic E-state index is 0.825. The number of aryl methyl sites for hydroxylation is 2. The first kappa shape index (κ1) is 13.2. The zero-order chi connectivity index (χ0) is 13.9. The Hall–Kier alpha value is -1.76. The lowest BCUT2D eigenvalue weighted by atomic mass is 10.4. The number of nitrogens with zero attached hydrogens (tertiary/aromatic N) is 6.